The smallest absolute Gasteiger partial charge is 0.307 e. The van der Waals surface area contributed by atoms with Crippen molar-refractivity contribution in [3.05, 3.63) is 45.7 Å². The standard InChI is InChI=1S/C13H14Cl2FN3O/c1-2-3-12-17-13(16)19(18-12)7-11(20)9-5-4-8(14)6-10(9)15/h4-6,11,20H,2-3,7H2,1H3/t11-/m1/s1. The van der Waals surface area contributed by atoms with Crippen molar-refractivity contribution in [1.29, 1.82) is 0 Å². The van der Waals surface area contributed by atoms with Crippen LogP contribution in [-0.4, -0.2) is 19.9 Å². The second-order valence-electron chi connectivity index (χ2n) is 4.41. The van der Waals surface area contributed by atoms with Crippen molar-refractivity contribution in [3.63, 3.8) is 0 Å². The molecule has 1 atom stereocenters. The van der Waals surface area contributed by atoms with E-state index in [1.54, 1.807) is 12.1 Å². The molecule has 1 aromatic heterocycles. The SMILES string of the molecule is CCCc1nc(F)n(C[C@@H](O)c2ccc(Cl)cc2Cl)n1. The minimum atomic E-state index is -0.981. The summed E-state index contributed by atoms with van der Waals surface area (Å²) < 4.78 is 14.6. The van der Waals surface area contributed by atoms with Gasteiger partial charge in [0.15, 0.2) is 5.82 Å². The molecule has 1 aromatic carbocycles. The summed E-state index contributed by atoms with van der Waals surface area (Å²) in [6, 6.07) is 4.76. The molecule has 0 saturated heterocycles. The van der Waals surface area contributed by atoms with Gasteiger partial charge in [0.1, 0.15) is 6.10 Å². The highest BCUT2D eigenvalue weighted by molar-refractivity contribution is 6.35. The maximum absolute atomic E-state index is 13.6. The molecule has 0 aliphatic rings. The molecule has 1 heterocycles. The maximum atomic E-state index is 13.6. The van der Waals surface area contributed by atoms with E-state index in [0.29, 0.717) is 27.9 Å². The number of rotatable bonds is 5. The first kappa shape index (κ1) is 15.2. The van der Waals surface area contributed by atoms with Gasteiger partial charge in [0.05, 0.1) is 6.54 Å². The van der Waals surface area contributed by atoms with E-state index >= 15 is 0 Å². The third-order valence-corrected chi connectivity index (χ3v) is 3.37. The second kappa shape index (κ2) is 6.52. The first-order chi connectivity index (χ1) is 9.51. The van der Waals surface area contributed by atoms with Gasteiger partial charge < -0.3 is 5.11 Å². The Morgan fingerprint density at radius 3 is 2.80 bits per heavy atom. The van der Waals surface area contributed by atoms with Crippen LogP contribution < -0.4 is 0 Å². The molecule has 0 spiro atoms. The van der Waals surface area contributed by atoms with Gasteiger partial charge in [0.25, 0.3) is 0 Å². The molecule has 0 amide bonds. The molecule has 0 unspecified atom stereocenters. The van der Waals surface area contributed by atoms with Gasteiger partial charge in [0, 0.05) is 22.0 Å². The summed E-state index contributed by atoms with van der Waals surface area (Å²) in [6.07, 6.45) is -0.264. The van der Waals surface area contributed by atoms with E-state index in [1.807, 2.05) is 6.92 Å². The minimum absolute atomic E-state index is 0.0517. The van der Waals surface area contributed by atoms with Crippen LogP contribution in [0.2, 0.25) is 10.0 Å². The zero-order valence-electron chi connectivity index (χ0n) is 10.9. The van der Waals surface area contributed by atoms with Crippen LogP contribution in [-0.2, 0) is 13.0 Å². The summed E-state index contributed by atoms with van der Waals surface area (Å²) in [5.74, 6) is 0.430. The van der Waals surface area contributed by atoms with Crippen molar-refractivity contribution < 1.29 is 9.50 Å². The topological polar surface area (TPSA) is 50.9 Å². The molecule has 20 heavy (non-hydrogen) atoms. The van der Waals surface area contributed by atoms with Crippen LogP contribution in [0.3, 0.4) is 0 Å². The Labute approximate surface area is 126 Å². The predicted octanol–water partition coefficient (Wildman–Crippen LogP) is 3.41. The normalized spacial score (nSPS) is 12.7. The van der Waals surface area contributed by atoms with Gasteiger partial charge in [-0.05, 0) is 18.6 Å². The lowest BCUT2D eigenvalue weighted by Gasteiger charge is -2.12. The molecule has 0 aliphatic heterocycles. The van der Waals surface area contributed by atoms with Crippen LogP contribution in [0, 0.1) is 6.08 Å². The number of aromatic nitrogens is 3. The van der Waals surface area contributed by atoms with Crippen molar-refractivity contribution in [2.45, 2.75) is 32.4 Å². The van der Waals surface area contributed by atoms with E-state index in [9.17, 15) is 9.50 Å². The van der Waals surface area contributed by atoms with E-state index in [0.717, 1.165) is 11.1 Å². The molecule has 0 bridgehead atoms. The average molecular weight is 318 g/mol. The zero-order chi connectivity index (χ0) is 14.7. The van der Waals surface area contributed by atoms with E-state index in [1.165, 1.54) is 6.07 Å². The van der Waals surface area contributed by atoms with Crippen LogP contribution in [0.25, 0.3) is 0 Å². The van der Waals surface area contributed by atoms with Crippen LogP contribution in [0.15, 0.2) is 18.2 Å². The Morgan fingerprint density at radius 1 is 1.40 bits per heavy atom. The highest BCUT2D eigenvalue weighted by Gasteiger charge is 2.17. The molecule has 4 nitrogen and oxygen atoms in total. The lowest BCUT2D eigenvalue weighted by molar-refractivity contribution is 0.144. The summed E-state index contributed by atoms with van der Waals surface area (Å²) >= 11 is 11.8. The van der Waals surface area contributed by atoms with Gasteiger partial charge in [-0.2, -0.15) is 14.5 Å². The van der Waals surface area contributed by atoms with Gasteiger partial charge in [-0.3, -0.25) is 0 Å². The third kappa shape index (κ3) is 3.48. The van der Waals surface area contributed by atoms with Gasteiger partial charge in [-0.1, -0.05) is 36.2 Å². The lowest BCUT2D eigenvalue weighted by Crippen LogP contribution is -2.12. The van der Waals surface area contributed by atoms with Crippen molar-refractivity contribution in [3.8, 4) is 0 Å². The zero-order valence-corrected chi connectivity index (χ0v) is 12.4. The first-order valence-electron chi connectivity index (χ1n) is 6.23. The van der Waals surface area contributed by atoms with E-state index < -0.39 is 12.2 Å². The molecule has 0 saturated carbocycles. The third-order valence-electron chi connectivity index (χ3n) is 2.81. The molecule has 2 rings (SSSR count). The number of hydrogen-bond donors (Lipinski definition) is 1. The number of aryl methyl sites for hydroxylation is 1. The highest BCUT2D eigenvalue weighted by atomic mass is 35.5. The van der Waals surface area contributed by atoms with Crippen molar-refractivity contribution in [2.24, 2.45) is 0 Å². The molecular weight excluding hydrogens is 304 g/mol. The van der Waals surface area contributed by atoms with Crippen LogP contribution in [0.4, 0.5) is 4.39 Å². The Kier molecular flexibility index (Phi) is 4.96. The molecule has 0 radical (unpaired) electrons. The fourth-order valence-corrected chi connectivity index (χ4v) is 2.38. The fourth-order valence-electron chi connectivity index (χ4n) is 1.85. The van der Waals surface area contributed by atoms with E-state index in [2.05, 4.69) is 10.1 Å². The largest absolute Gasteiger partial charge is 0.386 e. The maximum Gasteiger partial charge on any atom is 0.307 e. The van der Waals surface area contributed by atoms with E-state index in [-0.39, 0.29) is 6.54 Å². The monoisotopic (exact) mass is 317 g/mol. The number of aliphatic hydroxyl groups excluding tert-OH is 1. The summed E-state index contributed by atoms with van der Waals surface area (Å²) in [6.45, 7) is 1.91. The number of hydrogen-bond acceptors (Lipinski definition) is 3. The number of nitrogens with zero attached hydrogens (tertiary/aromatic N) is 3. The number of halogens is 3. The Morgan fingerprint density at radius 2 is 2.15 bits per heavy atom. The van der Waals surface area contributed by atoms with Crippen molar-refractivity contribution in [1.82, 2.24) is 14.8 Å². The summed E-state index contributed by atoms with van der Waals surface area (Å²) in [4.78, 5) is 3.70. The first-order valence-corrected chi connectivity index (χ1v) is 6.99. The van der Waals surface area contributed by atoms with Crippen molar-refractivity contribution >= 4 is 23.2 Å². The highest BCUT2D eigenvalue weighted by Crippen LogP contribution is 2.27. The van der Waals surface area contributed by atoms with Crippen LogP contribution in [0.1, 0.15) is 30.8 Å². The summed E-state index contributed by atoms with van der Waals surface area (Å²) in [5, 5.41) is 14.9. The Bertz CT molecular complexity index is 603. The predicted molar refractivity (Wildman–Crippen MR) is 75.4 cm³/mol. The Hall–Kier alpha value is -1.17. The van der Waals surface area contributed by atoms with Gasteiger partial charge in [-0.25, -0.2) is 4.68 Å². The number of benzene rings is 1. The van der Waals surface area contributed by atoms with Crippen molar-refractivity contribution in [2.75, 3.05) is 0 Å². The molecule has 1 N–H and O–H groups in total. The molecule has 0 fully saturated rings. The van der Waals surface area contributed by atoms with Gasteiger partial charge >= 0.3 is 6.08 Å². The lowest BCUT2D eigenvalue weighted by atomic mass is 10.1. The fraction of sp³-hybridized carbons (Fsp3) is 0.385. The summed E-state index contributed by atoms with van der Waals surface area (Å²) in [7, 11) is 0. The molecule has 2 aromatic rings. The minimum Gasteiger partial charge on any atom is -0.386 e. The van der Waals surface area contributed by atoms with Crippen LogP contribution >= 0.6 is 23.2 Å². The molecular formula is C13H14Cl2FN3O. The molecule has 7 heteroatoms. The molecule has 0 aliphatic carbocycles. The van der Waals surface area contributed by atoms with Gasteiger partial charge in [0.2, 0.25) is 0 Å². The number of aliphatic hydroxyl groups is 1. The van der Waals surface area contributed by atoms with Crippen LogP contribution in [0.5, 0.6) is 0 Å². The Balaban J connectivity index is 2.16. The molecule has 108 valence electrons. The second-order valence-corrected chi connectivity index (χ2v) is 5.25. The van der Waals surface area contributed by atoms with E-state index in [4.69, 9.17) is 23.2 Å². The summed E-state index contributed by atoms with van der Waals surface area (Å²) in [5.41, 5.74) is 0.475. The van der Waals surface area contributed by atoms with Gasteiger partial charge in [-0.15, -0.1) is 0 Å². The quantitative estimate of drug-likeness (QED) is 0.919. The average Bonchev–Trinajstić information content (AvgIpc) is 2.70.